The van der Waals surface area contributed by atoms with Crippen LogP contribution in [-0.2, 0) is 11.5 Å². The van der Waals surface area contributed by atoms with Gasteiger partial charge in [-0.3, -0.25) is 0 Å². The van der Waals surface area contributed by atoms with Crippen LogP contribution < -0.4 is 0 Å². The van der Waals surface area contributed by atoms with Crippen molar-refractivity contribution in [3.63, 3.8) is 0 Å². The Morgan fingerprint density at radius 1 is 0.556 bits per heavy atom. The Kier molecular flexibility index (Phi) is 4.42. The van der Waals surface area contributed by atoms with Crippen molar-refractivity contribution in [1.29, 1.82) is 0 Å². The number of hydrogen-bond donors (Lipinski definition) is 0. The van der Waals surface area contributed by atoms with E-state index in [1.165, 1.54) is 74.4 Å². The smallest absolute Gasteiger partial charge is 0.0362 e. The fraction of sp³-hybridized carbons (Fsp3) is 0.273. The normalized spacial score (nSPS) is 16.4. The Morgan fingerprint density at radius 3 is 1.56 bits per heavy atom. The van der Waals surface area contributed by atoms with E-state index >= 15 is 0 Å². The van der Waals surface area contributed by atoms with Crippen molar-refractivity contribution < 1.29 is 0 Å². The molecular weight excluding hydrogens is 425 g/mol. The Balaban J connectivity index is 1.68. The van der Waals surface area contributed by atoms with Crippen LogP contribution >= 0.6 is 57.5 Å². The molecule has 0 N–H and O–H groups in total. The predicted octanol–water partition coefficient (Wildman–Crippen LogP) is 8.74. The van der Waals surface area contributed by atoms with Gasteiger partial charge in [-0.25, -0.2) is 0 Å². The van der Waals surface area contributed by atoms with Gasteiger partial charge < -0.3 is 0 Å². The Labute approximate surface area is 179 Å². The summed E-state index contributed by atoms with van der Waals surface area (Å²) in [6, 6.07) is 14.3. The lowest BCUT2D eigenvalue weighted by molar-refractivity contribution is 0.907. The van der Waals surface area contributed by atoms with Crippen LogP contribution in [-0.4, -0.2) is 11.5 Å². The summed E-state index contributed by atoms with van der Waals surface area (Å²) in [5, 5.41) is 5.94. The molecule has 0 saturated heterocycles. The minimum atomic E-state index is 1.16. The molecule has 0 spiro atoms. The number of thiophene rings is 3. The largest absolute Gasteiger partial charge is 0.156 e. The first-order chi connectivity index (χ1) is 13.4. The minimum Gasteiger partial charge on any atom is -0.156 e. The molecule has 136 valence electrons. The zero-order valence-corrected chi connectivity index (χ0v) is 18.8. The van der Waals surface area contributed by atoms with Crippen LogP contribution in [0.3, 0.4) is 0 Å². The van der Waals surface area contributed by atoms with Crippen molar-refractivity contribution in [2.24, 2.45) is 0 Å². The molecule has 0 nitrogen and oxygen atoms in total. The molecule has 1 aliphatic rings. The third-order valence-corrected chi connectivity index (χ3v) is 11.1. The first-order valence-corrected chi connectivity index (χ1v) is 14.1. The molecule has 27 heavy (non-hydrogen) atoms. The van der Waals surface area contributed by atoms with Crippen LogP contribution in [0, 0.1) is 0 Å². The number of fused-ring (bicyclic) bond motifs is 2. The molecule has 5 heteroatoms. The van der Waals surface area contributed by atoms with Crippen molar-refractivity contribution in [2.45, 2.75) is 24.3 Å². The van der Waals surface area contributed by atoms with Gasteiger partial charge in [-0.15, -0.1) is 34.0 Å². The SMILES string of the molecule is c1cc2sc3ccc4sc5cc4c3c2c2cc(sc12)CSCCCCSC5. The van der Waals surface area contributed by atoms with Crippen LogP contribution in [0.5, 0.6) is 0 Å². The lowest BCUT2D eigenvalue weighted by atomic mass is 10.1. The summed E-state index contributed by atoms with van der Waals surface area (Å²) in [5.74, 6) is 4.90. The highest BCUT2D eigenvalue weighted by Gasteiger charge is 2.15. The van der Waals surface area contributed by atoms with Crippen LogP contribution in [0.15, 0.2) is 36.4 Å². The first-order valence-electron chi connectivity index (χ1n) is 9.31. The van der Waals surface area contributed by atoms with Gasteiger partial charge in [0.15, 0.2) is 0 Å². The lowest BCUT2D eigenvalue weighted by Crippen LogP contribution is -1.85. The van der Waals surface area contributed by atoms with E-state index in [1.54, 1.807) is 0 Å². The minimum absolute atomic E-state index is 1.16. The number of rotatable bonds is 0. The van der Waals surface area contributed by atoms with E-state index in [-0.39, 0.29) is 0 Å². The molecule has 0 saturated carbocycles. The molecule has 0 atom stereocenters. The summed E-state index contributed by atoms with van der Waals surface area (Å²) >= 11 is 10.2. The highest BCUT2D eigenvalue weighted by molar-refractivity contribution is 7.98. The van der Waals surface area contributed by atoms with E-state index in [9.17, 15) is 0 Å². The summed E-state index contributed by atoms with van der Waals surface area (Å²) in [4.78, 5) is 3.06. The van der Waals surface area contributed by atoms with Gasteiger partial charge in [0.1, 0.15) is 0 Å². The third-order valence-electron chi connectivity index (χ3n) is 5.21. The van der Waals surface area contributed by atoms with Crippen molar-refractivity contribution in [3.8, 4) is 0 Å². The van der Waals surface area contributed by atoms with Gasteiger partial charge in [-0.05, 0) is 60.7 Å². The van der Waals surface area contributed by atoms with E-state index < -0.39 is 0 Å². The standard InChI is InChI=1S/C22H18S5/c1-2-8-24-12-14-10-16-18(26-14)4-6-20-22(16)21-15-9-13(11-23-7-1)25-17(15)3-5-19(21)27-20/h3-6,9-10H,1-2,7-8,11-12H2. The summed E-state index contributed by atoms with van der Waals surface area (Å²) in [6.07, 6.45) is 2.68. The molecular formula is C22H18S5. The lowest BCUT2D eigenvalue weighted by Gasteiger charge is -2.01. The Morgan fingerprint density at radius 2 is 1.04 bits per heavy atom. The van der Waals surface area contributed by atoms with E-state index in [2.05, 4.69) is 59.9 Å². The second-order valence-electron chi connectivity index (χ2n) is 7.04. The summed E-state index contributed by atoms with van der Waals surface area (Å²) < 4.78 is 5.77. The summed E-state index contributed by atoms with van der Waals surface area (Å²) in [7, 11) is 0. The van der Waals surface area contributed by atoms with E-state index in [1.807, 2.05) is 34.0 Å². The number of hydrogen-bond acceptors (Lipinski definition) is 5. The first kappa shape index (κ1) is 17.2. The van der Waals surface area contributed by atoms with Crippen molar-refractivity contribution >= 4 is 97.9 Å². The topological polar surface area (TPSA) is 0 Å². The highest BCUT2D eigenvalue weighted by atomic mass is 32.2. The maximum absolute atomic E-state index is 2.48. The maximum Gasteiger partial charge on any atom is 0.0362 e. The van der Waals surface area contributed by atoms with Crippen LogP contribution in [0.25, 0.3) is 40.3 Å². The second-order valence-corrected chi connectivity index (χ2v) is 12.7. The van der Waals surface area contributed by atoms with Crippen molar-refractivity contribution in [3.05, 3.63) is 46.2 Å². The molecule has 6 rings (SSSR count). The average Bonchev–Trinajstić information content (AvgIpc) is 3.35. The van der Waals surface area contributed by atoms with Crippen LogP contribution in [0.2, 0.25) is 0 Å². The maximum atomic E-state index is 2.48. The fourth-order valence-corrected chi connectivity index (χ4v) is 9.50. The quantitative estimate of drug-likeness (QED) is 0.235. The number of benzene rings is 2. The monoisotopic (exact) mass is 442 g/mol. The predicted molar refractivity (Wildman–Crippen MR) is 132 cm³/mol. The molecule has 4 heterocycles. The molecule has 5 aromatic rings. The zero-order chi connectivity index (χ0) is 17.8. The molecule has 4 bridgehead atoms. The molecule has 2 aromatic carbocycles. The van der Waals surface area contributed by atoms with Gasteiger partial charge in [0, 0.05) is 61.6 Å². The van der Waals surface area contributed by atoms with Crippen molar-refractivity contribution in [2.75, 3.05) is 11.5 Å². The van der Waals surface area contributed by atoms with Crippen LogP contribution in [0.4, 0.5) is 0 Å². The van der Waals surface area contributed by atoms with Gasteiger partial charge in [0.05, 0.1) is 0 Å². The molecule has 0 fully saturated rings. The molecule has 0 amide bonds. The fourth-order valence-electron chi connectivity index (χ4n) is 3.99. The third kappa shape index (κ3) is 2.94. The van der Waals surface area contributed by atoms with E-state index in [4.69, 9.17) is 0 Å². The van der Waals surface area contributed by atoms with Gasteiger partial charge in [-0.2, -0.15) is 23.5 Å². The van der Waals surface area contributed by atoms with Gasteiger partial charge in [0.25, 0.3) is 0 Å². The average molecular weight is 443 g/mol. The molecule has 0 radical (unpaired) electrons. The molecule has 1 aliphatic heterocycles. The van der Waals surface area contributed by atoms with Gasteiger partial charge >= 0.3 is 0 Å². The molecule has 3 aromatic heterocycles. The summed E-state index contributed by atoms with van der Waals surface area (Å²) in [5.41, 5.74) is 0. The van der Waals surface area contributed by atoms with Gasteiger partial charge in [0.2, 0.25) is 0 Å². The summed E-state index contributed by atoms with van der Waals surface area (Å²) in [6.45, 7) is 0. The van der Waals surface area contributed by atoms with Gasteiger partial charge in [-0.1, -0.05) is 0 Å². The van der Waals surface area contributed by atoms with Crippen LogP contribution in [0.1, 0.15) is 22.6 Å². The van der Waals surface area contributed by atoms with E-state index in [0.717, 1.165) is 11.5 Å². The Bertz CT molecular complexity index is 1190. The second kappa shape index (κ2) is 6.96. The number of thioether (sulfide) groups is 2. The molecule has 0 unspecified atom stereocenters. The van der Waals surface area contributed by atoms with E-state index in [0.29, 0.717) is 0 Å². The van der Waals surface area contributed by atoms with Crippen molar-refractivity contribution in [1.82, 2.24) is 0 Å². The highest BCUT2D eigenvalue weighted by Crippen LogP contribution is 2.45. The zero-order valence-electron chi connectivity index (χ0n) is 14.7. The molecule has 0 aliphatic carbocycles. The Hall–Kier alpha value is -0.720.